The predicted molar refractivity (Wildman–Crippen MR) is 88.6 cm³/mol. The van der Waals surface area contributed by atoms with Crippen molar-refractivity contribution in [3.05, 3.63) is 57.3 Å². The maximum Gasteiger partial charge on any atom is 0.513 e. The summed E-state index contributed by atoms with van der Waals surface area (Å²) in [6.07, 6.45) is -0.881. The van der Waals surface area contributed by atoms with Crippen molar-refractivity contribution in [1.29, 1.82) is 0 Å². The van der Waals surface area contributed by atoms with Crippen LogP contribution in [-0.4, -0.2) is 18.4 Å². The number of benzene rings is 2. The molecule has 2 aromatic rings. The van der Waals surface area contributed by atoms with Crippen molar-refractivity contribution in [1.82, 2.24) is 0 Å². The van der Waals surface area contributed by atoms with Gasteiger partial charge in [0.15, 0.2) is 0 Å². The van der Waals surface area contributed by atoms with Crippen molar-refractivity contribution in [2.45, 2.75) is 20.1 Å². The van der Waals surface area contributed by atoms with Crippen LogP contribution < -0.4 is 9.47 Å². The summed E-state index contributed by atoms with van der Waals surface area (Å²) < 4.78 is 29.5. The molecule has 2 rings (SSSR count). The van der Waals surface area contributed by atoms with Gasteiger partial charge in [0.2, 0.25) is 0 Å². The molecule has 1 N–H and O–H groups in total. The molecule has 0 saturated carbocycles. The number of hydrogen-bond acceptors (Lipinski definition) is 5. The summed E-state index contributed by atoms with van der Waals surface area (Å²) >= 11 is 3.31. The minimum absolute atomic E-state index is 0.0236. The number of halogens is 2. The smallest absolute Gasteiger partial charge is 0.487 e. The number of aryl methyl sites for hydroxylation is 1. The van der Waals surface area contributed by atoms with Gasteiger partial charge in [0.25, 0.3) is 0 Å². The van der Waals surface area contributed by atoms with Gasteiger partial charge in [0.1, 0.15) is 23.9 Å². The lowest BCUT2D eigenvalue weighted by atomic mass is 10.1. The highest BCUT2D eigenvalue weighted by Crippen LogP contribution is 2.30. The Morgan fingerprint density at radius 2 is 2.04 bits per heavy atom. The predicted octanol–water partition coefficient (Wildman–Crippen LogP) is 4.11. The van der Waals surface area contributed by atoms with Crippen LogP contribution in [0.1, 0.15) is 16.7 Å². The molecule has 0 spiro atoms. The van der Waals surface area contributed by atoms with Gasteiger partial charge in [-0.3, -0.25) is 0 Å². The Balaban J connectivity index is 2.28. The van der Waals surface area contributed by atoms with Crippen LogP contribution in [0.5, 0.6) is 11.5 Å². The molecular formula is C17H16BrFO5. The molecule has 5 nitrogen and oxygen atoms in total. The fourth-order valence-corrected chi connectivity index (χ4v) is 2.61. The summed E-state index contributed by atoms with van der Waals surface area (Å²) in [5.41, 5.74) is 1.48. The molecule has 0 fully saturated rings. The zero-order chi connectivity index (χ0) is 17.7. The SMILES string of the molecule is COC(=O)Oc1cccc(CO)c1COc1cc(F)c(C)cc1Br. The monoisotopic (exact) mass is 398 g/mol. The van der Waals surface area contributed by atoms with Crippen molar-refractivity contribution in [2.75, 3.05) is 7.11 Å². The van der Waals surface area contributed by atoms with E-state index < -0.39 is 12.0 Å². The van der Waals surface area contributed by atoms with Gasteiger partial charge in [-0.25, -0.2) is 9.18 Å². The van der Waals surface area contributed by atoms with E-state index in [1.165, 1.54) is 13.2 Å². The van der Waals surface area contributed by atoms with E-state index in [0.29, 0.717) is 26.9 Å². The molecule has 128 valence electrons. The van der Waals surface area contributed by atoms with Crippen molar-refractivity contribution < 1.29 is 28.5 Å². The Morgan fingerprint density at radius 1 is 1.29 bits per heavy atom. The molecule has 0 radical (unpaired) electrons. The second-order valence-electron chi connectivity index (χ2n) is 4.93. The average Bonchev–Trinajstić information content (AvgIpc) is 2.57. The van der Waals surface area contributed by atoms with Crippen LogP contribution in [-0.2, 0) is 18.0 Å². The van der Waals surface area contributed by atoms with Crippen molar-refractivity contribution in [3.63, 3.8) is 0 Å². The van der Waals surface area contributed by atoms with Gasteiger partial charge >= 0.3 is 6.16 Å². The topological polar surface area (TPSA) is 65.0 Å². The highest BCUT2D eigenvalue weighted by atomic mass is 79.9. The molecule has 7 heteroatoms. The molecule has 0 aromatic heterocycles. The number of aliphatic hydroxyl groups excluding tert-OH is 1. The van der Waals surface area contributed by atoms with Gasteiger partial charge in [0, 0.05) is 11.6 Å². The molecule has 0 bridgehead atoms. The summed E-state index contributed by atoms with van der Waals surface area (Å²) in [5, 5.41) is 9.47. The maximum atomic E-state index is 13.7. The first-order valence-electron chi connectivity index (χ1n) is 7.02. The molecule has 0 heterocycles. The van der Waals surface area contributed by atoms with Crippen LogP contribution in [0, 0.1) is 12.7 Å². The van der Waals surface area contributed by atoms with E-state index in [4.69, 9.17) is 9.47 Å². The first-order valence-corrected chi connectivity index (χ1v) is 7.81. The van der Waals surface area contributed by atoms with Gasteiger partial charge in [-0.1, -0.05) is 12.1 Å². The summed E-state index contributed by atoms with van der Waals surface area (Å²) in [4.78, 5) is 11.3. The van der Waals surface area contributed by atoms with Crippen LogP contribution >= 0.6 is 15.9 Å². The van der Waals surface area contributed by atoms with E-state index in [1.54, 1.807) is 31.2 Å². The minimum Gasteiger partial charge on any atom is -0.487 e. The van der Waals surface area contributed by atoms with E-state index in [9.17, 15) is 14.3 Å². The zero-order valence-electron chi connectivity index (χ0n) is 13.1. The Morgan fingerprint density at radius 3 is 2.71 bits per heavy atom. The Kier molecular flexibility index (Phi) is 6.16. The van der Waals surface area contributed by atoms with Crippen LogP contribution in [0.4, 0.5) is 9.18 Å². The van der Waals surface area contributed by atoms with Gasteiger partial charge in [-0.15, -0.1) is 0 Å². The largest absolute Gasteiger partial charge is 0.513 e. The second kappa shape index (κ2) is 8.12. The Labute approximate surface area is 147 Å². The van der Waals surface area contributed by atoms with Gasteiger partial charge in [0.05, 0.1) is 18.2 Å². The van der Waals surface area contributed by atoms with E-state index >= 15 is 0 Å². The van der Waals surface area contributed by atoms with E-state index in [1.807, 2.05) is 0 Å². The van der Waals surface area contributed by atoms with Crippen LogP contribution in [0.15, 0.2) is 34.8 Å². The normalized spacial score (nSPS) is 10.4. The molecule has 0 atom stereocenters. The Bertz CT molecular complexity index is 748. The third-order valence-corrected chi connectivity index (χ3v) is 3.97. The van der Waals surface area contributed by atoms with Crippen LogP contribution in [0.25, 0.3) is 0 Å². The summed E-state index contributed by atoms with van der Waals surface area (Å²) in [6, 6.07) is 7.73. The maximum absolute atomic E-state index is 13.7. The Hall–Kier alpha value is -2.12. The molecule has 0 aliphatic heterocycles. The second-order valence-corrected chi connectivity index (χ2v) is 5.78. The highest BCUT2D eigenvalue weighted by Gasteiger charge is 2.15. The average molecular weight is 399 g/mol. The fraction of sp³-hybridized carbons (Fsp3) is 0.235. The number of rotatable bonds is 5. The number of carbonyl (C=O) groups is 1. The number of ether oxygens (including phenoxy) is 3. The highest BCUT2D eigenvalue weighted by molar-refractivity contribution is 9.10. The van der Waals surface area contributed by atoms with Crippen LogP contribution in [0.3, 0.4) is 0 Å². The standard InChI is InChI=1S/C17H16BrFO5/c1-10-6-13(18)16(7-14(10)19)23-9-12-11(8-20)4-3-5-15(12)24-17(21)22-2/h3-7,20H,8-9H2,1-2H3. The number of methoxy groups -OCH3 is 1. The van der Waals surface area contributed by atoms with Crippen molar-refractivity contribution >= 4 is 22.1 Å². The first-order chi connectivity index (χ1) is 11.5. The minimum atomic E-state index is -0.881. The van der Waals surface area contributed by atoms with Crippen LogP contribution in [0.2, 0.25) is 0 Å². The first kappa shape index (κ1) is 18.2. The molecule has 0 amide bonds. The number of hydrogen-bond donors (Lipinski definition) is 1. The number of carbonyl (C=O) groups excluding carboxylic acids is 1. The van der Waals surface area contributed by atoms with Crippen molar-refractivity contribution in [3.8, 4) is 11.5 Å². The molecule has 0 aliphatic rings. The lowest BCUT2D eigenvalue weighted by Crippen LogP contribution is -2.11. The zero-order valence-corrected chi connectivity index (χ0v) is 14.7. The quantitative estimate of drug-likeness (QED) is 0.606. The van der Waals surface area contributed by atoms with Crippen molar-refractivity contribution in [2.24, 2.45) is 0 Å². The van der Waals surface area contributed by atoms with E-state index in [0.717, 1.165) is 0 Å². The lowest BCUT2D eigenvalue weighted by Gasteiger charge is -2.15. The van der Waals surface area contributed by atoms with Gasteiger partial charge in [-0.05, 0) is 46.1 Å². The molecule has 0 unspecified atom stereocenters. The van der Waals surface area contributed by atoms with Gasteiger partial charge in [-0.2, -0.15) is 0 Å². The third kappa shape index (κ3) is 4.24. The molecule has 24 heavy (non-hydrogen) atoms. The molecule has 0 aliphatic carbocycles. The molecule has 2 aromatic carbocycles. The third-order valence-electron chi connectivity index (χ3n) is 3.35. The summed E-state index contributed by atoms with van der Waals surface area (Å²) in [6.45, 7) is 1.36. The molecule has 0 saturated heterocycles. The summed E-state index contributed by atoms with van der Waals surface area (Å²) in [7, 11) is 1.20. The fourth-order valence-electron chi connectivity index (χ4n) is 2.04. The van der Waals surface area contributed by atoms with Gasteiger partial charge < -0.3 is 19.3 Å². The van der Waals surface area contributed by atoms with E-state index in [2.05, 4.69) is 20.7 Å². The van der Waals surface area contributed by atoms with E-state index in [-0.39, 0.29) is 19.0 Å². The molecular weight excluding hydrogens is 383 g/mol. The summed E-state index contributed by atoms with van der Waals surface area (Å²) in [5.74, 6) is 0.113. The number of aliphatic hydroxyl groups is 1. The lowest BCUT2D eigenvalue weighted by molar-refractivity contribution is 0.120.